The van der Waals surface area contributed by atoms with Crippen molar-refractivity contribution in [3.63, 3.8) is 0 Å². The van der Waals surface area contributed by atoms with E-state index in [2.05, 4.69) is 0 Å². The highest BCUT2D eigenvalue weighted by Crippen LogP contribution is 2.22. The average molecular weight is 262 g/mol. The van der Waals surface area contributed by atoms with Gasteiger partial charge in [0.25, 0.3) is 0 Å². The summed E-state index contributed by atoms with van der Waals surface area (Å²) in [7, 11) is 0. The Kier molecular flexibility index (Phi) is 4.16. The summed E-state index contributed by atoms with van der Waals surface area (Å²) in [6, 6.07) is 9.21. The standard InChI is InChI=1S/C14H18N2O3/c15-12(11-4-2-1-3-5-11)7-13(17)16-8-10(9-16)6-14(18)19/h1-5,10,12H,6-9,15H2,(H,18,19). The lowest BCUT2D eigenvalue weighted by atomic mass is 9.95. The molecule has 0 aliphatic carbocycles. The predicted molar refractivity (Wildman–Crippen MR) is 70.3 cm³/mol. The predicted octanol–water partition coefficient (Wildman–Crippen LogP) is 1.01. The minimum atomic E-state index is -0.807. The molecule has 0 saturated carbocycles. The average Bonchev–Trinajstić information content (AvgIpc) is 2.33. The number of carboxylic acids is 1. The molecule has 1 aromatic carbocycles. The van der Waals surface area contributed by atoms with Crippen LogP contribution in [0.2, 0.25) is 0 Å². The summed E-state index contributed by atoms with van der Waals surface area (Å²) in [5.41, 5.74) is 6.93. The molecule has 0 bridgehead atoms. The van der Waals surface area contributed by atoms with Gasteiger partial charge in [0.15, 0.2) is 0 Å². The van der Waals surface area contributed by atoms with Crippen LogP contribution in [0.4, 0.5) is 0 Å². The molecule has 1 heterocycles. The molecule has 1 fully saturated rings. The molecule has 5 heteroatoms. The van der Waals surface area contributed by atoms with Gasteiger partial charge in [0.1, 0.15) is 0 Å². The van der Waals surface area contributed by atoms with E-state index in [1.54, 1.807) is 4.90 Å². The molecule has 1 amide bonds. The van der Waals surface area contributed by atoms with Crippen molar-refractivity contribution >= 4 is 11.9 Å². The molecule has 3 N–H and O–H groups in total. The van der Waals surface area contributed by atoms with Gasteiger partial charge in [0, 0.05) is 31.5 Å². The Balaban J connectivity index is 1.78. The van der Waals surface area contributed by atoms with Crippen LogP contribution in [0.1, 0.15) is 24.4 Å². The van der Waals surface area contributed by atoms with Gasteiger partial charge in [-0.3, -0.25) is 9.59 Å². The molecule has 19 heavy (non-hydrogen) atoms. The van der Waals surface area contributed by atoms with E-state index in [0.717, 1.165) is 5.56 Å². The van der Waals surface area contributed by atoms with E-state index in [9.17, 15) is 9.59 Å². The van der Waals surface area contributed by atoms with E-state index in [1.807, 2.05) is 30.3 Å². The van der Waals surface area contributed by atoms with E-state index < -0.39 is 5.97 Å². The zero-order valence-electron chi connectivity index (χ0n) is 10.7. The molecule has 2 rings (SSSR count). The first-order valence-corrected chi connectivity index (χ1v) is 6.36. The van der Waals surface area contributed by atoms with E-state index in [4.69, 9.17) is 10.8 Å². The number of aliphatic carboxylic acids is 1. The van der Waals surface area contributed by atoms with Gasteiger partial charge in [-0.05, 0) is 5.56 Å². The Labute approximate surface area is 112 Å². The number of rotatable bonds is 5. The van der Waals surface area contributed by atoms with Crippen molar-refractivity contribution in [3.05, 3.63) is 35.9 Å². The van der Waals surface area contributed by atoms with Gasteiger partial charge >= 0.3 is 5.97 Å². The number of hydrogen-bond acceptors (Lipinski definition) is 3. The fraction of sp³-hybridized carbons (Fsp3) is 0.429. The molecule has 102 valence electrons. The largest absolute Gasteiger partial charge is 0.481 e. The summed E-state index contributed by atoms with van der Waals surface area (Å²) < 4.78 is 0. The van der Waals surface area contributed by atoms with Gasteiger partial charge < -0.3 is 15.7 Å². The molecule has 1 unspecified atom stereocenters. The molecule has 1 aliphatic rings. The van der Waals surface area contributed by atoms with Crippen LogP contribution in [-0.2, 0) is 9.59 Å². The third-order valence-corrected chi connectivity index (χ3v) is 3.40. The van der Waals surface area contributed by atoms with Crippen LogP contribution in [-0.4, -0.2) is 35.0 Å². The molecule has 1 aliphatic heterocycles. The quantitative estimate of drug-likeness (QED) is 0.829. The van der Waals surface area contributed by atoms with Crippen molar-refractivity contribution in [2.24, 2.45) is 11.7 Å². The number of carboxylic acid groups (broad SMARTS) is 1. The van der Waals surface area contributed by atoms with Crippen molar-refractivity contribution in [1.29, 1.82) is 0 Å². The summed E-state index contributed by atoms with van der Waals surface area (Å²) in [5, 5.41) is 8.64. The minimum Gasteiger partial charge on any atom is -0.481 e. The van der Waals surface area contributed by atoms with Crippen molar-refractivity contribution in [2.75, 3.05) is 13.1 Å². The van der Waals surface area contributed by atoms with E-state index >= 15 is 0 Å². The molecule has 1 saturated heterocycles. The second-order valence-corrected chi connectivity index (χ2v) is 4.98. The van der Waals surface area contributed by atoms with Gasteiger partial charge in [-0.15, -0.1) is 0 Å². The molecule has 0 radical (unpaired) electrons. The number of nitrogens with zero attached hydrogens (tertiary/aromatic N) is 1. The highest BCUT2D eigenvalue weighted by molar-refractivity contribution is 5.78. The molecular formula is C14H18N2O3. The van der Waals surface area contributed by atoms with Gasteiger partial charge in [-0.2, -0.15) is 0 Å². The number of benzene rings is 1. The Hall–Kier alpha value is -1.88. The van der Waals surface area contributed by atoms with Crippen LogP contribution in [0.3, 0.4) is 0 Å². The summed E-state index contributed by atoms with van der Waals surface area (Å²) in [5.74, 6) is -0.717. The first-order valence-electron chi connectivity index (χ1n) is 6.36. The molecule has 1 aromatic rings. The van der Waals surface area contributed by atoms with Gasteiger partial charge in [-0.25, -0.2) is 0 Å². The van der Waals surface area contributed by atoms with E-state index in [0.29, 0.717) is 13.1 Å². The number of carbonyl (C=O) groups excluding carboxylic acids is 1. The number of hydrogen-bond donors (Lipinski definition) is 2. The SMILES string of the molecule is NC(CC(=O)N1CC(CC(=O)O)C1)c1ccccc1. The van der Waals surface area contributed by atoms with Crippen LogP contribution in [0, 0.1) is 5.92 Å². The van der Waals surface area contributed by atoms with Crippen molar-refractivity contribution in [1.82, 2.24) is 4.90 Å². The number of likely N-dealkylation sites (tertiary alicyclic amines) is 1. The summed E-state index contributed by atoms with van der Waals surface area (Å²) in [4.78, 5) is 24.1. The lowest BCUT2D eigenvalue weighted by molar-refractivity contribution is -0.145. The fourth-order valence-corrected chi connectivity index (χ4v) is 2.28. The maximum Gasteiger partial charge on any atom is 0.303 e. The first kappa shape index (κ1) is 13.5. The minimum absolute atomic E-state index is 0.00186. The third-order valence-electron chi connectivity index (χ3n) is 3.40. The molecule has 1 atom stereocenters. The zero-order chi connectivity index (χ0) is 13.8. The van der Waals surface area contributed by atoms with Crippen LogP contribution in [0.25, 0.3) is 0 Å². The Bertz CT molecular complexity index is 455. The molecule has 5 nitrogen and oxygen atoms in total. The highest BCUT2D eigenvalue weighted by Gasteiger charge is 2.32. The van der Waals surface area contributed by atoms with Gasteiger partial charge in [0.2, 0.25) is 5.91 Å². The van der Waals surface area contributed by atoms with Crippen LogP contribution < -0.4 is 5.73 Å². The molecular weight excluding hydrogens is 244 g/mol. The topological polar surface area (TPSA) is 83.6 Å². The second kappa shape index (κ2) is 5.84. The number of nitrogens with two attached hydrogens (primary N) is 1. The maximum atomic E-state index is 11.9. The first-order chi connectivity index (χ1) is 9.06. The fourth-order valence-electron chi connectivity index (χ4n) is 2.28. The summed E-state index contributed by atoms with van der Waals surface area (Å²) in [6.45, 7) is 1.07. The molecule has 0 aromatic heterocycles. The number of carbonyl (C=O) groups is 2. The van der Waals surface area contributed by atoms with Gasteiger partial charge in [0.05, 0.1) is 6.42 Å². The Morgan fingerprint density at radius 1 is 1.32 bits per heavy atom. The zero-order valence-corrected chi connectivity index (χ0v) is 10.7. The van der Waals surface area contributed by atoms with E-state index in [1.165, 1.54) is 0 Å². The molecule has 0 spiro atoms. The second-order valence-electron chi connectivity index (χ2n) is 4.98. The smallest absolute Gasteiger partial charge is 0.303 e. The van der Waals surface area contributed by atoms with Crippen LogP contribution >= 0.6 is 0 Å². The normalized spacial score (nSPS) is 16.8. The Morgan fingerprint density at radius 3 is 2.53 bits per heavy atom. The number of amides is 1. The van der Waals surface area contributed by atoms with Crippen LogP contribution in [0.15, 0.2) is 30.3 Å². The lowest BCUT2D eigenvalue weighted by Crippen LogP contribution is -2.51. The van der Waals surface area contributed by atoms with Crippen molar-refractivity contribution in [2.45, 2.75) is 18.9 Å². The maximum absolute atomic E-state index is 11.9. The summed E-state index contributed by atoms with van der Waals surface area (Å²) >= 11 is 0. The van der Waals surface area contributed by atoms with Crippen molar-refractivity contribution < 1.29 is 14.7 Å². The Morgan fingerprint density at radius 2 is 1.95 bits per heavy atom. The van der Waals surface area contributed by atoms with Crippen molar-refractivity contribution in [3.8, 4) is 0 Å². The monoisotopic (exact) mass is 262 g/mol. The van der Waals surface area contributed by atoms with Crippen LogP contribution in [0.5, 0.6) is 0 Å². The third kappa shape index (κ3) is 3.54. The van der Waals surface area contributed by atoms with E-state index in [-0.39, 0.29) is 30.7 Å². The lowest BCUT2D eigenvalue weighted by Gasteiger charge is -2.39. The summed E-state index contributed by atoms with van der Waals surface area (Å²) in [6.07, 6.45) is 0.401. The highest BCUT2D eigenvalue weighted by atomic mass is 16.4. The van der Waals surface area contributed by atoms with Gasteiger partial charge in [-0.1, -0.05) is 30.3 Å².